The number of hydrogen-bond donors (Lipinski definition) is 1. The molecule has 16 heavy (non-hydrogen) atoms. The number of hydrogen-bond acceptors (Lipinski definition) is 4. The first kappa shape index (κ1) is 15.3. The van der Waals surface area contributed by atoms with Gasteiger partial charge >= 0.3 is 5.97 Å². The van der Waals surface area contributed by atoms with E-state index in [4.69, 9.17) is 4.74 Å². The Kier molecular flexibility index (Phi) is 7.21. The summed E-state index contributed by atoms with van der Waals surface area (Å²) >= 11 is 1.61. The Morgan fingerprint density at radius 1 is 1.44 bits per heavy atom. The van der Waals surface area contributed by atoms with E-state index in [0.29, 0.717) is 12.8 Å². The van der Waals surface area contributed by atoms with Gasteiger partial charge in [0.05, 0.1) is 7.11 Å². The number of methoxy groups -OCH3 is 1. The predicted octanol–water partition coefficient (Wildman–Crippen LogP) is 1.59. The number of nitrogens with one attached hydrogen (secondary N) is 1. The molecule has 0 aliphatic rings. The van der Waals surface area contributed by atoms with Crippen molar-refractivity contribution in [2.75, 3.05) is 19.1 Å². The van der Waals surface area contributed by atoms with Gasteiger partial charge in [-0.3, -0.25) is 4.79 Å². The van der Waals surface area contributed by atoms with E-state index in [1.54, 1.807) is 18.7 Å². The molecule has 0 bridgehead atoms. The van der Waals surface area contributed by atoms with Gasteiger partial charge in [0.1, 0.15) is 5.54 Å². The van der Waals surface area contributed by atoms with Gasteiger partial charge in [0.25, 0.3) is 0 Å². The highest BCUT2D eigenvalue weighted by molar-refractivity contribution is 7.98. The maximum Gasteiger partial charge on any atom is 0.331 e. The lowest BCUT2D eigenvalue weighted by molar-refractivity contribution is -0.150. The van der Waals surface area contributed by atoms with Gasteiger partial charge in [-0.05, 0) is 19.6 Å². The van der Waals surface area contributed by atoms with Crippen LogP contribution in [0.5, 0.6) is 0 Å². The lowest BCUT2D eigenvalue weighted by Crippen LogP contribution is -2.52. The SMILES string of the molecule is CCCC(C)(NC(=O)CCSC)C(=O)OC. The third kappa shape index (κ3) is 4.88. The van der Waals surface area contributed by atoms with Crippen LogP contribution in [0.15, 0.2) is 0 Å². The normalized spacial score (nSPS) is 14.0. The van der Waals surface area contributed by atoms with Crippen molar-refractivity contribution in [2.24, 2.45) is 0 Å². The molecule has 0 aromatic rings. The van der Waals surface area contributed by atoms with E-state index in [1.165, 1.54) is 7.11 Å². The van der Waals surface area contributed by atoms with Crippen LogP contribution >= 0.6 is 11.8 Å². The zero-order valence-electron chi connectivity index (χ0n) is 10.5. The highest BCUT2D eigenvalue weighted by Gasteiger charge is 2.34. The molecule has 1 unspecified atom stereocenters. The largest absolute Gasteiger partial charge is 0.467 e. The summed E-state index contributed by atoms with van der Waals surface area (Å²) in [5, 5.41) is 2.75. The van der Waals surface area contributed by atoms with E-state index in [-0.39, 0.29) is 11.9 Å². The molecule has 0 saturated heterocycles. The van der Waals surface area contributed by atoms with Crippen LogP contribution in [0.25, 0.3) is 0 Å². The number of carbonyl (C=O) groups excluding carboxylic acids is 2. The minimum Gasteiger partial charge on any atom is -0.467 e. The van der Waals surface area contributed by atoms with Gasteiger partial charge in [0.2, 0.25) is 5.91 Å². The molecular weight excluding hydrogens is 226 g/mol. The Balaban J connectivity index is 4.42. The van der Waals surface area contributed by atoms with Gasteiger partial charge < -0.3 is 10.1 Å². The molecule has 0 aromatic heterocycles. The van der Waals surface area contributed by atoms with Gasteiger partial charge in [-0.2, -0.15) is 11.8 Å². The van der Waals surface area contributed by atoms with Gasteiger partial charge in [-0.1, -0.05) is 13.3 Å². The lowest BCUT2D eigenvalue weighted by atomic mass is 9.96. The molecule has 0 fully saturated rings. The van der Waals surface area contributed by atoms with Crippen molar-refractivity contribution in [1.29, 1.82) is 0 Å². The number of esters is 1. The first-order valence-electron chi connectivity index (χ1n) is 5.38. The van der Waals surface area contributed by atoms with Crippen LogP contribution in [0.4, 0.5) is 0 Å². The summed E-state index contributed by atoms with van der Waals surface area (Å²) in [7, 11) is 1.34. The van der Waals surface area contributed by atoms with Crippen LogP contribution in [0, 0.1) is 0 Å². The molecule has 4 nitrogen and oxygen atoms in total. The Morgan fingerprint density at radius 2 is 2.06 bits per heavy atom. The molecule has 0 aliphatic carbocycles. The molecule has 5 heteroatoms. The molecule has 0 aliphatic heterocycles. The van der Waals surface area contributed by atoms with Crippen LogP contribution in [0.2, 0.25) is 0 Å². The van der Waals surface area contributed by atoms with Gasteiger partial charge in [0, 0.05) is 12.2 Å². The van der Waals surface area contributed by atoms with Crippen LogP contribution in [-0.2, 0) is 14.3 Å². The second-order valence-electron chi connectivity index (χ2n) is 3.86. The zero-order valence-corrected chi connectivity index (χ0v) is 11.3. The standard InChI is InChI=1S/C11H21NO3S/c1-5-7-11(2,10(14)15-3)12-9(13)6-8-16-4/h5-8H2,1-4H3,(H,12,13). The fourth-order valence-corrected chi connectivity index (χ4v) is 1.90. The summed E-state index contributed by atoms with van der Waals surface area (Å²) < 4.78 is 4.71. The zero-order chi connectivity index (χ0) is 12.6. The molecule has 1 amide bonds. The van der Waals surface area contributed by atoms with Crippen molar-refractivity contribution in [3.05, 3.63) is 0 Å². The molecule has 0 radical (unpaired) electrons. The summed E-state index contributed by atoms with van der Waals surface area (Å²) in [6.07, 6.45) is 3.77. The summed E-state index contributed by atoms with van der Waals surface area (Å²) in [4.78, 5) is 23.2. The molecular formula is C11H21NO3S. The van der Waals surface area contributed by atoms with E-state index in [2.05, 4.69) is 5.32 Å². The first-order valence-corrected chi connectivity index (χ1v) is 6.78. The number of carbonyl (C=O) groups is 2. The highest BCUT2D eigenvalue weighted by atomic mass is 32.2. The monoisotopic (exact) mass is 247 g/mol. The molecule has 0 heterocycles. The third-order valence-electron chi connectivity index (χ3n) is 2.33. The van der Waals surface area contributed by atoms with E-state index in [9.17, 15) is 9.59 Å². The van der Waals surface area contributed by atoms with Crippen molar-refractivity contribution in [3.8, 4) is 0 Å². The van der Waals surface area contributed by atoms with E-state index in [0.717, 1.165) is 12.2 Å². The van der Waals surface area contributed by atoms with Crippen LogP contribution in [0.1, 0.15) is 33.1 Å². The second kappa shape index (κ2) is 7.54. The van der Waals surface area contributed by atoms with Crippen molar-refractivity contribution < 1.29 is 14.3 Å². The van der Waals surface area contributed by atoms with Gasteiger partial charge in [-0.15, -0.1) is 0 Å². The number of ether oxygens (including phenoxy) is 1. The average Bonchev–Trinajstić information content (AvgIpc) is 2.25. The summed E-state index contributed by atoms with van der Waals surface area (Å²) in [6.45, 7) is 3.68. The quantitative estimate of drug-likeness (QED) is 0.694. The average molecular weight is 247 g/mol. The van der Waals surface area contributed by atoms with Crippen LogP contribution in [0.3, 0.4) is 0 Å². The highest BCUT2D eigenvalue weighted by Crippen LogP contribution is 2.14. The van der Waals surface area contributed by atoms with E-state index in [1.807, 2.05) is 13.2 Å². The summed E-state index contributed by atoms with van der Waals surface area (Å²) in [6, 6.07) is 0. The summed E-state index contributed by atoms with van der Waals surface area (Å²) in [5.74, 6) is 0.275. The molecule has 0 spiro atoms. The Bertz CT molecular complexity index is 245. The number of amides is 1. The number of thioether (sulfide) groups is 1. The fourth-order valence-electron chi connectivity index (χ4n) is 1.51. The minimum absolute atomic E-state index is 0.101. The van der Waals surface area contributed by atoms with Crippen LogP contribution in [-0.4, -0.2) is 36.5 Å². The van der Waals surface area contributed by atoms with Crippen molar-refractivity contribution in [2.45, 2.75) is 38.6 Å². The smallest absolute Gasteiger partial charge is 0.331 e. The third-order valence-corrected chi connectivity index (χ3v) is 2.95. The predicted molar refractivity (Wildman–Crippen MR) is 66.5 cm³/mol. The maximum absolute atomic E-state index is 11.6. The van der Waals surface area contributed by atoms with Crippen molar-refractivity contribution in [1.82, 2.24) is 5.32 Å². The minimum atomic E-state index is -0.890. The lowest BCUT2D eigenvalue weighted by Gasteiger charge is -2.27. The fraction of sp³-hybridized carbons (Fsp3) is 0.818. The molecule has 1 N–H and O–H groups in total. The maximum atomic E-state index is 11.6. The Labute approximate surface area is 101 Å². The molecule has 94 valence electrons. The van der Waals surface area contributed by atoms with Gasteiger partial charge in [-0.25, -0.2) is 4.79 Å². The van der Waals surface area contributed by atoms with Crippen molar-refractivity contribution in [3.63, 3.8) is 0 Å². The molecule has 0 aromatic carbocycles. The summed E-state index contributed by atoms with van der Waals surface area (Å²) in [5.41, 5.74) is -0.890. The molecule has 0 rings (SSSR count). The topological polar surface area (TPSA) is 55.4 Å². The first-order chi connectivity index (χ1) is 7.50. The van der Waals surface area contributed by atoms with E-state index >= 15 is 0 Å². The van der Waals surface area contributed by atoms with Gasteiger partial charge in [0.15, 0.2) is 0 Å². The number of rotatable bonds is 7. The van der Waals surface area contributed by atoms with E-state index < -0.39 is 5.54 Å². The Morgan fingerprint density at radius 3 is 2.50 bits per heavy atom. The Hall–Kier alpha value is -0.710. The van der Waals surface area contributed by atoms with Crippen LogP contribution < -0.4 is 5.32 Å². The molecule has 0 saturated carbocycles. The second-order valence-corrected chi connectivity index (χ2v) is 4.85. The molecule has 1 atom stereocenters. The van der Waals surface area contributed by atoms with Crippen molar-refractivity contribution >= 4 is 23.6 Å².